The number of nitrogens with one attached hydrogen (secondary N) is 1. The van der Waals surface area contributed by atoms with Crippen LogP contribution in [-0.2, 0) is 12.0 Å². The Bertz CT molecular complexity index is 798. The second-order valence-corrected chi connectivity index (χ2v) is 8.79. The molecule has 1 aliphatic rings. The first kappa shape index (κ1) is 19.5. The summed E-state index contributed by atoms with van der Waals surface area (Å²) in [6, 6.07) is 15.7. The quantitative estimate of drug-likeness (QED) is 0.757. The van der Waals surface area contributed by atoms with Gasteiger partial charge in [0.25, 0.3) is 5.91 Å². The van der Waals surface area contributed by atoms with Crippen molar-refractivity contribution in [2.75, 3.05) is 11.5 Å². The van der Waals surface area contributed by atoms with E-state index in [1.54, 1.807) is 12.1 Å². The minimum absolute atomic E-state index is 0.135. The summed E-state index contributed by atoms with van der Waals surface area (Å²) in [5, 5.41) is 4.19. The molecule has 1 heterocycles. The molecule has 142 valence electrons. The molecule has 1 saturated heterocycles. The number of carbonyl (C=O) groups excluding carboxylic acids is 1. The van der Waals surface area contributed by atoms with Crippen LogP contribution in [0.3, 0.4) is 0 Å². The number of amides is 1. The van der Waals surface area contributed by atoms with Gasteiger partial charge in [-0.1, -0.05) is 45.0 Å². The smallest absolute Gasteiger partial charge is 0.271 e. The highest BCUT2D eigenvalue weighted by molar-refractivity contribution is 8.00. The minimum Gasteiger partial charge on any atom is -0.489 e. The van der Waals surface area contributed by atoms with Gasteiger partial charge in [0.05, 0.1) is 0 Å². The fourth-order valence-corrected chi connectivity index (χ4v) is 3.67. The van der Waals surface area contributed by atoms with E-state index < -0.39 is 0 Å². The second-order valence-electron chi connectivity index (χ2n) is 7.68. The van der Waals surface area contributed by atoms with Crippen LogP contribution in [0, 0.1) is 0 Å². The minimum atomic E-state index is -0.176. The van der Waals surface area contributed by atoms with Gasteiger partial charge in [-0.2, -0.15) is 16.9 Å². The average Bonchev–Trinajstić information content (AvgIpc) is 3.18. The lowest BCUT2D eigenvalue weighted by molar-refractivity contribution is 0.0954. The Hall–Kier alpha value is -2.27. The van der Waals surface area contributed by atoms with Gasteiger partial charge in [0, 0.05) is 17.0 Å². The molecule has 0 aliphatic carbocycles. The molecule has 1 fully saturated rings. The fourth-order valence-electron chi connectivity index (χ4n) is 2.70. The second kappa shape index (κ2) is 8.61. The molecule has 3 rings (SSSR count). The molecule has 1 aliphatic heterocycles. The first-order valence-electron chi connectivity index (χ1n) is 9.17. The van der Waals surface area contributed by atoms with Crippen LogP contribution >= 0.6 is 11.8 Å². The van der Waals surface area contributed by atoms with E-state index in [2.05, 4.69) is 43.4 Å². The van der Waals surface area contributed by atoms with Crippen LogP contribution in [0.1, 0.15) is 48.7 Å². The van der Waals surface area contributed by atoms with Gasteiger partial charge in [-0.3, -0.25) is 4.79 Å². The molecule has 0 radical (unpaired) electrons. The Balaban J connectivity index is 1.53. The van der Waals surface area contributed by atoms with Gasteiger partial charge in [0.15, 0.2) is 0 Å². The van der Waals surface area contributed by atoms with Crippen LogP contribution in [0.15, 0.2) is 53.6 Å². The van der Waals surface area contributed by atoms with Crippen molar-refractivity contribution in [1.82, 2.24) is 5.43 Å². The van der Waals surface area contributed by atoms with Crippen LogP contribution in [0.4, 0.5) is 0 Å². The van der Waals surface area contributed by atoms with E-state index in [1.807, 2.05) is 36.0 Å². The van der Waals surface area contributed by atoms with Crippen molar-refractivity contribution in [2.24, 2.45) is 5.10 Å². The first-order chi connectivity index (χ1) is 12.9. The van der Waals surface area contributed by atoms with Crippen LogP contribution in [0.5, 0.6) is 5.75 Å². The number of hydrazone groups is 1. The summed E-state index contributed by atoms with van der Waals surface area (Å²) in [6.45, 7) is 7.05. The van der Waals surface area contributed by atoms with E-state index in [1.165, 1.54) is 5.56 Å². The van der Waals surface area contributed by atoms with E-state index in [4.69, 9.17) is 4.74 Å². The van der Waals surface area contributed by atoms with Crippen LogP contribution in [-0.4, -0.2) is 23.1 Å². The Morgan fingerprint density at radius 1 is 1.11 bits per heavy atom. The van der Waals surface area contributed by atoms with Gasteiger partial charge in [-0.15, -0.1) is 0 Å². The van der Waals surface area contributed by atoms with Crippen molar-refractivity contribution in [3.63, 3.8) is 0 Å². The summed E-state index contributed by atoms with van der Waals surface area (Å²) in [5.74, 6) is 2.66. The highest BCUT2D eigenvalue weighted by Crippen LogP contribution is 2.24. The van der Waals surface area contributed by atoms with Crippen LogP contribution < -0.4 is 10.2 Å². The van der Waals surface area contributed by atoms with Gasteiger partial charge >= 0.3 is 0 Å². The van der Waals surface area contributed by atoms with Crippen molar-refractivity contribution in [3.8, 4) is 5.75 Å². The van der Waals surface area contributed by atoms with Crippen molar-refractivity contribution in [1.29, 1.82) is 0 Å². The maximum Gasteiger partial charge on any atom is 0.271 e. The van der Waals surface area contributed by atoms with Gasteiger partial charge in [0.2, 0.25) is 0 Å². The molecule has 5 heteroatoms. The lowest BCUT2D eigenvalue weighted by atomic mass is 9.87. The average molecular weight is 383 g/mol. The Morgan fingerprint density at radius 2 is 1.81 bits per heavy atom. The molecule has 0 spiro atoms. The third kappa shape index (κ3) is 5.60. The molecule has 0 aromatic heterocycles. The predicted molar refractivity (Wildman–Crippen MR) is 113 cm³/mol. The first-order valence-corrected chi connectivity index (χ1v) is 10.3. The van der Waals surface area contributed by atoms with E-state index in [0.717, 1.165) is 35.0 Å². The zero-order valence-corrected chi connectivity index (χ0v) is 16.9. The summed E-state index contributed by atoms with van der Waals surface area (Å²) in [7, 11) is 0. The third-order valence-corrected chi connectivity index (χ3v) is 5.49. The van der Waals surface area contributed by atoms with Gasteiger partial charge in [-0.05, 0) is 53.0 Å². The molecule has 4 nitrogen and oxygen atoms in total. The number of ether oxygens (including phenoxy) is 1. The molecule has 1 N–H and O–H groups in total. The summed E-state index contributed by atoms with van der Waals surface area (Å²) in [4.78, 5) is 12.1. The topological polar surface area (TPSA) is 50.7 Å². The van der Waals surface area contributed by atoms with Gasteiger partial charge in [-0.25, -0.2) is 5.43 Å². The molecule has 2 aromatic rings. The van der Waals surface area contributed by atoms with Crippen molar-refractivity contribution in [2.45, 2.75) is 39.2 Å². The van der Waals surface area contributed by atoms with Gasteiger partial charge in [0.1, 0.15) is 12.4 Å². The maximum atomic E-state index is 12.1. The number of carbonyl (C=O) groups is 1. The standard InChI is InChI=1S/C22H26N2O2S/c1-22(2,3)18-8-10-20(11-9-18)26-14-16-4-6-17(7-5-16)21(25)24-23-19-12-13-27-15-19/h4-11H,12-15H2,1-3H3,(H,24,25)/b23-19+. The monoisotopic (exact) mass is 382 g/mol. The number of hydrogen-bond acceptors (Lipinski definition) is 4. The molecule has 0 atom stereocenters. The van der Waals surface area contributed by atoms with Crippen molar-refractivity contribution >= 4 is 23.4 Å². The summed E-state index contributed by atoms with van der Waals surface area (Å²) >= 11 is 1.84. The summed E-state index contributed by atoms with van der Waals surface area (Å²) < 4.78 is 5.85. The number of rotatable bonds is 5. The number of nitrogens with zero attached hydrogens (tertiary/aromatic N) is 1. The van der Waals surface area contributed by atoms with Crippen molar-refractivity contribution < 1.29 is 9.53 Å². The van der Waals surface area contributed by atoms with E-state index >= 15 is 0 Å². The highest BCUT2D eigenvalue weighted by atomic mass is 32.2. The van der Waals surface area contributed by atoms with E-state index in [0.29, 0.717) is 12.2 Å². The lowest BCUT2D eigenvalue weighted by Crippen LogP contribution is -2.19. The highest BCUT2D eigenvalue weighted by Gasteiger charge is 2.13. The molecule has 0 saturated carbocycles. The molecule has 1 amide bonds. The Labute approximate surface area is 165 Å². The zero-order chi connectivity index (χ0) is 19.3. The summed E-state index contributed by atoms with van der Waals surface area (Å²) in [6.07, 6.45) is 0.956. The Morgan fingerprint density at radius 3 is 2.41 bits per heavy atom. The summed E-state index contributed by atoms with van der Waals surface area (Å²) in [5.41, 5.74) is 6.73. The largest absolute Gasteiger partial charge is 0.489 e. The van der Waals surface area contributed by atoms with Crippen LogP contribution in [0.25, 0.3) is 0 Å². The van der Waals surface area contributed by atoms with Crippen LogP contribution in [0.2, 0.25) is 0 Å². The predicted octanol–water partition coefficient (Wildman–Crippen LogP) is 4.79. The molecule has 0 bridgehead atoms. The maximum absolute atomic E-state index is 12.1. The lowest BCUT2D eigenvalue weighted by Gasteiger charge is -2.19. The van der Waals surface area contributed by atoms with Crippen molar-refractivity contribution in [3.05, 3.63) is 65.2 Å². The third-order valence-electron chi connectivity index (χ3n) is 4.46. The zero-order valence-electron chi connectivity index (χ0n) is 16.1. The fraction of sp³-hybridized carbons (Fsp3) is 0.364. The molecule has 27 heavy (non-hydrogen) atoms. The Kier molecular flexibility index (Phi) is 6.22. The molecular formula is C22H26N2O2S. The number of thioether (sulfide) groups is 1. The van der Waals surface area contributed by atoms with Gasteiger partial charge < -0.3 is 4.74 Å². The normalized spacial score (nSPS) is 15.7. The number of benzene rings is 2. The molecular weight excluding hydrogens is 356 g/mol. The molecule has 2 aromatic carbocycles. The SMILES string of the molecule is CC(C)(C)c1ccc(OCc2ccc(C(=O)N/N=C3\CCSC3)cc2)cc1. The van der Waals surface area contributed by atoms with E-state index in [9.17, 15) is 4.79 Å². The molecule has 0 unspecified atom stereocenters. The number of hydrogen-bond donors (Lipinski definition) is 1. The van der Waals surface area contributed by atoms with E-state index in [-0.39, 0.29) is 11.3 Å².